The van der Waals surface area contributed by atoms with Gasteiger partial charge in [-0.2, -0.15) is 0 Å². The van der Waals surface area contributed by atoms with E-state index in [4.69, 9.17) is 9.47 Å². The zero-order valence-electron chi connectivity index (χ0n) is 14.2. The summed E-state index contributed by atoms with van der Waals surface area (Å²) in [5.41, 5.74) is 0.375. The Labute approximate surface area is 137 Å². The van der Waals surface area contributed by atoms with Gasteiger partial charge in [0.05, 0.1) is 13.2 Å². The van der Waals surface area contributed by atoms with Crippen molar-refractivity contribution in [2.24, 2.45) is 0 Å². The van der Waals surface area contributed by atoms with Crippen LogP contribution in [0.4, 0.5) is 4.79 Å². The first-order chi connectivity index (χ1) is 10.8. The van der Waals surface area contributed by atoms with E-state index >= 15 is 0 Å². The third kappa shape index (κ3) is 8.21. The van der Waals surface area contributed by atoms with Gasteiger partial charge in [-0.05, 0) is 33.3 Å². The van der Waals surface area contributed by atoms with Crippen molar-refractivity contribution in [2.75, 3.05) is 13.2 Å². The molecule has 0 bridgehead atoms. The standard InChI is InChI=1S/C17H26N2O4/c1-5-18-15(20)14(19-16(21)23-17(2,3)4)12-22-11-13-9-7-6-8-10-13/h6-10,14H,5,11-12H2,1-4H3,(H,18,20)(H,19,21)/t14-/m1/s1. The van der Waals surface area contributed by atoms with E-state index < -0.39 is 17.7 Å². The van der Waals surface area contributed by atoms with Gasteiger partial charge in [-0.3, -0.25) is 4.79 Å². The maximum atomic E-state index is 12.0. The van der Waals surface area contributed by atoms with Crippen LogP contribution in [0.3, 0.4) is 0 Å². The molecule has 0 spiro atoms. The molecule has 1 aromatic carbocycles. The van der Waals surface area contributed by atoms with E-state index in [-0.39, 0.29) is 12.5 Å². The van der Waals surface area contributed by atoms with Crippen molar-refractivity contribution in [3.63, 3.8) is 0 Å². The molecule has 0 unspecified atom stereocenters. The fourth-order valence-corrected chi connectivity index (χ4v) is 1.80. The molecule has 1 aromatic rings. The summed E-state index contributed by atoms with van der Waals surface area (Å²) >= 11 is 0. The van der Waals surface area contributed by atoms with E-state index in [2.05, 4.69) is 10.6 Å². The monoisotopic (exact) mass is 322 g/mol. The molecule has 1 atom stereocenters. The van der Waals surface area contributed by atoms with Gasteiger partial charge in [0.25, 0.3) is 0 Å². The second kappa shape index (κ2) is 9.15. The van der Waals surface area contributed by atoms with E-state index in [0.717, 1.165) is 5.56 Å². The molecule has 128 valence electrons. The second-order valence-corrected chi connectivity index (χ2v) is 6.09. The van der Waals surface area contributed by atoms with Gasteiger partial charge in [0, 0.05) is 6.54 Å². The Morgan fingerprint density at radius 1 is 1.17 bits per heavy atom. The minimum Gasteiger partial charge on any atom is -0.444 e. The first-order valence-electron chi connectivity index (χ1n) is 7.70. The first kappa shape index (κ1) is 19.0. The number of amides is 2. The van der Waals surface area contributed by atoms with Crippen molar-refractivity contribution < 1.29 is 19.1 Å². The number of alkyl carbamates (subject to hydrolysis) is 1. The molecule has 0 saturated heterocycles. The van der Waals surface area contributed by atoms with Gasteiger partial charge in [-0.1, -0.05) is 30.3 Å². The molecular formula is C17H26N2O4. The van der Waals surface area contributed by atoms with Gasteiger partial charge in [-0.25, -0.2) is 4.79 Å². The zero-order chi connectivity index (χ0) is 17.3. The number of benzene rings is 1. The maximum Gasteiger partial charge on any atom is 0.408 e. The number of hydrogen-bond acceptors (Lipinski definition) is 4. The van der Waals surface area contributed by atoms with Crippen LogP contribution in [0.15, 0.2) is 30.3 Å². The molecule has 0 aliphatic heterocycles. The third-order valence-electron chi connectivity index (χ3n) is 2.75. The summed E-state index contributed by atoms with van der Waals surface area (Å²) in [6.07, 6.45) is -0.642. The molecule has 0 aliphatic rings. The predicted molar refractivity (Wildman–Crippen MR) is 87.9 cm³/mol. The molecule has 6 nitrogen and oxygen atoms in total. The van der Waals surface area contributed by atoms with Crippen molar-refractivity contribution in [1.82, 2.24) is 10.6 Å². The lowest BCUT2D eigenvalue weighted by Gasteiger charge is -2.23. The van der Waals surface area contributed by atoms with Gasteiger partial charge in [0.2, 0.25) is 5.91 Å². The normalized spacial score (nSPS) is 12.3. The van der Waals surface area contributed by atoms with Crippen LogP contribution >= 0.6 is 0 Å². The lowest BCUT2D eigenvalue weighted by Crippen LogP contribution is -2.50. The number of rotatable bonds is 7. The van der Waals surface area contributed by atoms with E-state index in [9.17, 15) is 9.59 Å². The lowest BCUT2D eigenvalue weighted by molar-refractivity contribution is -0.124. The molecule has 0 heterocycles. The molecule has 6 heteroatoms. The predicted octanol–water partition coefficient (Wildman–Crippen LogP) is 2.23. The highest BCUT2D eigenvalue weighted by Gasteiger charge is 2.24. The fourth-order valence-electron chi connectivity index (χ4n) is 1.80. The average molecular weight is 322 g/mol. The Bertz CT molecular complexity index is 497. The fraction of sp³-hybridized carbons (Fsp3) is 0.529. The van der Waals surface area contributed by atoms with Gasteiger partial charge >= 0.3 is 6.09 Å². The molecule has 2 amide bonds. The Kier molecular flexibility index (Phi) is 7.54. The number of carbonyl (C=O) groups excluding carboxylic acids is 2. The Morgan fingerprint density at radius 2 is 1.83 bits per heavy atom. The first-order valence-corrected chi connectivity index (χ1v) is 7.70. The molecular weight excluding hydrogens is 296 g/mol. The molecule has 0 saturated carbocycles. The number of carbonyl (C=O) groups is 2. The minimum atomic E-state index is -0.798. The van der Waals surface area contributed by atoms with Crippen LogP contribution in [0.2, 0.25) is 0 Å². The summed E-state index contributed by atoms with van der Waals surface area (Å²) in [7, 11) is 0. The van der Waals surface area contributed by atoms with Crippen molar-refractivity contribution in [2.45, 2.75) is 45.9 Å². The number of nitrogens with one attached hydrogen (secondary N) is 2. The SMILES string of the molecule is CCNC(=O)[C@@H](COCc1ccccc1)NC(=O)OC(C)(C)C. The minimum absolute atomic E-state index is 0.0694. The molecule has 0 aliphatic carbocycles. The summed E-state index contributed by atoms with van der Waals surface area (Å²) in [5.74, 6) is -0.300. The molecule has 2 N–H and O–H groups in total. The van der Waals surface area contributed by atoms with Crippen LogP contribution in [0.5, 0.6) is 0 Å². The number of likely N-dealkylation sites (N-methyl/N-ethyl adjacent to an activating group) is 1. The summed E-state index contributed by atoms with van der Waals surface area (Å²) in [4.78, 5) is 23.9. The maximum absolute atomic E-state index is 12.0. The molecule has 1 rings (SSSR count). The summed E-state index contributed by atoms with van der Waals surface area (Å²) in [6.45, 7) is 8.02. The van der Waals surface area contributed by atoms with Crippen LogP contribution < -0.4 is 10.6 Å². The highest BCUT2D eigenvalue weighted by Crippen LogP contribution is 2.07. The quantitative estimate of drug-likeness (QED) is 0.807. The Balaban J connectivity index is 2.55. The lowest BCUT2D eigenvalue weighted by atomic mass is 10.2. The van der Waals surface area contributed by atoms with Gasteiger partial charge in [-0.15, -0.1) is 0 Å². The van der Waals surface area contributed by atoms with Gasteiger partial charge < -0.3 is 20.1 Å². The second-order valence-electron chi connectivity index (χ2n) is 6.09. The van der Waals surface area contributed by atoms with E-state index in [1.165, 1.54) is 0 Å². The smallest absolute Gasteiger partial charge is 0.408 e. The highest BCUT2D eigenvalue weighted by molar-refractivity contribution is 5.85. The van der Waals surface area contributed by atoms with Crippen LogP contribution in [-0.2, 0) is 20.9 Å². The van der Waals surface area contributed by atoms with Gasteiger partial charge in [0.1, 0.15) is 11.6 Å². The van der Waals surface area contributed by atoms with Crippen LogP contribution in [0, 0.1) is 0 Å². The van der Waals surface area contributed by atoms with Crippen molar-refractivity contribution in [3.05, 3.63) is 35.9 Å². The zero-order valence-corrected chi connectivity index (χ0v) is 14.2. The van der Waals surface area contributed by atoms with Crippen molar-refractivity contribution in [1.29, 1.82) is 0 Å². The summed E-state index contributed by atoms with van der Waals surface area (Å²) in [5, 5.41) is 5.22. The molecule has 23 heavy (non-hydrogen) atoms. The molecule has 0 fully saturated rings. The highest BCUT2D eigenvalue weighted by atomic mass is 16.6. The van der Waals surface area contributed by atoms with Crippen molar-refractivity contribution >= 4 is 12.0 Å². The Hall–Kier alpha value is -2.08. The molecule has 0 radical (unpaired) electrons. The van der Waals surface area contributed by atoms with Crippen molar-refractivity contribution in [3.8, 4) is 0 Å². The largest absolute Gasteiger partial charge is 0.444 e. The molecule has 0 aromatic heterocycles. The number of ether oxygens (including phenoxy) is 2. The number of hydrogen-bond donors (Lipinski definition) is 2. The summed E-state index contributed by atoms with van der Waals surface area (Å²) < 4.78 is 10.7. The van der Waals surface area contributed by atoms with Crippen LogP contribution in [-0.4, -0.2) is 36.8 Å². The van der Waals surface area contributed by atoms with Gasteiger partial charge in [0.15, 0.2) is 0 Å². The Morgan fingerprint density at radius 3 is 2.39 bits per heavy atom. The third-order valence-corrected chi connectivity index (χ3v) is 2.75. The van der Waals surface area contributed by atoms with Crippen LogP contribution in [0.25, 0.3) is 0 Å². The average Bonchev–Trinajstić information content (AvgIpc) is 2.45. The summed E-state index contributed by atoms with van der Waals surface area (Å²) in [6, 6.07) is 8.82. The van der Waals surface area contributed by atoms with E-state index in [1.807, 2.05) is 37.3 Å². The topological polar surface area (TPSA) is 76.7 Å². The van der Waals surface area contributed by atoms with Crippen LogP contribution in [0.1, 0.15) is 33.3 Å². The van der Waals surface area contributed by atoms with E-state index in [1.54, 1.807) is 20.8 Å². The van der Waals surface area contributed by atoms with E-state index in [0.29, 0.717) is 13.2 Å².